The number of ether oxygens (including phenoxy) is 1. The van der Waals surface area contributed by atoms with E-state index >= 15 is 0 Å². The monoisotopic (exact) mass is 318 g/mol. The molecule has 0 aromatic rings. The normalized spacial score (nSPS) is 52.2. The molecular weight excluding hydrogens is 284 g/mol. The number of hydrogen-bond donors (Lipinski definition) is 0. The molecule has 0 heterocycles. The lowest BCUT2D eigenvalue weighted by atomic mass is 9.45. The van der Waals surface area contributed by atoms with Crippen LogP contribution < -0.4 is 0 Å². The van der Waals surface area contributed by atoms with E-state index in [0.29, 0.717) is 5.41 Å². The maximum atomic E-state index is 12.3. The average molecular weight is 319 g/mol. The molecule has 4 rings (SSSR count). The van der Waals surface area contributed by atoms with E-state index in [-0.39, 0.29) is 17.3 Å². The summed E-state index contributed by atoms with van der Waals surface area (Å²) in [5, 5.41) is 0. The Morgan fingerprint density at radius 1 is 0.870 bits per heavy atom. The molecule has 23 heavy (non-hydrogen) atoms. The third kappa shape index (κ3) is 2.15. The van der Waals surface area contributed by atoms with Gasteiger partial charge in [-0.2, -0.15) is 0 Å². The zero-order valence-corrected chi connectivity index (χ0v) is 15.3. The molecule has 0 aromatic heterocycles. The molecule has 7 atom stereocenters. The van der Waals surface area contributed by atoms with Crippen molar-refractivity contribution in [3.05, 3.63) is 0 Å². The highest BCUT2D eigenvalue weighted by Crippen LogP contribution is 2.67. The minimum absolute atomic E-state index is 0.0611. The van der Waals surface area contributed by atoms with Crippen LogP contribution in [-0.4, -0.2) is 13.1 Å². The molecule has 2 heteroatoms. The lowest BCUT2D eigenvalue weighted by Crippen LogP contribution is -2.53. The molecule has 0 saturated heterocycles. The van der Waals surface area contributed by atoms with Gasteiger partial charge in [0, 0.05) is 0 Å². The van der Waals surface area contributed by atoms with Crippen molar-refractivity contribution in [2.45, 2.75) is 78.1 Å². The van der Waals surface area contributed by atoms with Gasteiger partial charge >= 0.3 is 5.97 Å². The standard InChI is InChI=1S/C21H34O2/c1-20-12-5-4-6-14(20)7-8-15-16-9-10-18(19(22)23-3)21(16,2)13-11-17(15)20/h14-18H,4-13H2,1-3H3/t14?,15-,16-,17-,18?,20-,21-/m0/s1. The fourth-order valence-electron chi connectivity index (χ4n) is 7.82. The fraction of sp³-hybridized carbons (Fsp3) is 0.952. The molecule has 0 radical (unpaired) electrons. The predicted molar refractivity (Wildman–Crippen MR) is 91.9 cm³/mol. The van der Waals surface area contributed by atoms with Crippen LogP contribution in [0.3, 0.4) is 0 Å². The summed E-state index contributed by atoms with van der Waals surface area (Å²) in [6.45, 7) is 5.04. The molecule has 4 fully saturated rings. The van der Waals surface area contributed by atoms with E-state index in [4.69, 9.17) is 4.74 Å². The number of hydrogen-bond acceptors (Lipinski definition) is 2. The second-order valence-corrected chi connectivity index (χ2v) is 9.60. The largest absolute Gasteiger partial charge is 0.469 e. The molecule has 0 aromatic carbocycles. The van der Waals surface area contributed by atoms with Crippen LogP contribution in [0.4, 0.5) is 0 Å². The number of esters is 1. The van der Waals surface area contributed by atoms with Crippen LogP contribution in [0.1, 0.15) is 78.1 Å². The van der Waals surface area contributed by atoms with Gasteiger partial charge in [0.1, 0.15) is 0 Å². The van der Waals surface area contributed by atoms with Crippen LogP contribution in [-0.2, 0) is 9.53 Å². The summed E-state index contributed by atoms with van der Waals surface area (Å²) in [7, 11) is 1.57. The minimum atomic E-state index is 0.0611. The number of fused-ring (bicyclic) bond motifs is 5. The van der Waals surface area contributed by atoms with Crippen molar-refractivity contribution in [1.82, 2.24) is 0 Å². The zero-order chi connectivity index (χ0) is 16.2. The van der Waals surface area contributed by atoms with Gasteiger partial charge in [0.05, 0.1) is 13.0 Å². The van der Waals surface area contributed by atoms with Crippen LogP contribution in [0.25, 0.3) is 0 Å². The summed E-state index contributed by atoms with van der Waals surface area (Å²) in [5.41, 5.74) is 0.817. The highest BCUT2D eigenvalue weighted by Gasteiger charge is 2.61. The number of rotatable bonds is 1. The van der Waals surface area contributed by atoms with Crippen LogP contribution in [0.2, 0.25) is 0 Å². The second kappa shape index (κ2) is 5.49. The smallest absolute Gasteiger partial charge is 0.309 e. The van der Waals surface area contributed by atoms with E-state index in [0.717, 1.165) is 30.1 Å². The summed E-state index contributed by atoms with van der Waals surface area (Å²) in [5.74, 6) is 3.78. The lowest BCUT2D eigenvalue weighted by molar-refractivity contribution is -0.155. The van der Waals surface area contributed by atoms with Crippen LogP contribution in [0, 0.1) is 40.4 Å². The Balaban J connectivity index is 1.61. The molecule has 0 spiro atoms. The second-order valence-electron chi connectivity index (χ2n) is 9.60. The van der Waals surface area contributed by atoms with Crippen molar-refractivity contribution < 1.29 is 9.53 Å². The van der Waals surface area contributed by atoms with Gasteiger partial charge in [-0.05, 0) is 85.9 Å². The van der Waals surface area contributed by atoms with Crippen LogP contribution in [0.15, 0.2) is 0 Å². The molecule has 0 amide bonds. The van der Waals surface area contributed by atoms with Gasteiger partial charge in [0.2, 0.25) is 0 Å². The Hall–Kier alpha value is -0.530. The van der Waals surface area contributed by atoms with Crippen molar-refractivity contribution in [1.29, 1.82) is 0 Å². The van der Waals surface area contributed by atoms with E-state index in [1.54, 1.807) is 7.11 Å². The minimum Gasteiger partial charge on any atom is -0.469 e. The Bertz CT molecular complexity index is 486. The van der Waals surface area contributed by atoms with E-state index in [2.05, 4.69) is 13.8 Å². The predicted octanol–water partition coefficient (Wildman–Crippen LogP) is 5.21. The quantitative estimate of drug-likeness (QED) is 0.620. The number of methoxy groups -OCH3 is 1. The molecular formula is C21H34O2. The van der Waals surface area contributed by atoms with E-state index in [1.807, 2.05) is 0 Å². The van der Waals surface area contributed by atoms with Gasteiger partial charge in [-0.3, -0.25) is 4.79 Å². The van der Waals surface area contributed by atoms with Crippen LogP contribution in [0.5, 0.6) is 0 Å². The molecule has 4 aliphatic carbocycles. The molecule has 0 aliphatic heterocycles. The Morgan fingerprint density at radius 2 is 1.65 bits per heavy atom. The first-order valence-corrected chi connectivity index (χ1v) is 10.1. The van der Waals surface area contributed by atoms with Gasteiger partial charge in [0.15, 0.2) is 0 Å². The molecule has 4 aliphatic rings. The van der Waals surface area contributed by atoms with Crippen molar-refractivity contribution in [2.24, 2.45) is 40.4 Å². The zero-order valence-electron chi connectivity index (χ0n) is 15.3. The fourth-order valence-corrected chi connectivity index (χ4v) is 7.82. The number of carbonyl (C=O) groups excluding carboxylic acids is 1. The molecule has 4 saturated carbocycles. The highest BCUT2D eigenvalue weighted by molar-refractivity contribution is 5.73. The Morgan fingerprint density at radius 3 is 2.43 bits per heavy atom. The van der Waals surface area contributed by atoms with E-state index in [1.165, 1.54) is 57.8 Å². The van der Waals surface area contributed by atoms with E-state index in [9.17, 15) is 4.79 Å². The maximum Gasteiger partial charge on any atom is 0.309 e. The van der Waals surface area contributed by atoms with Crippen molar-refractivity contribution in [3.8, 4) is 0 Å². The van der Waals surface area contributed by atoms with Crippen molar-refractivity contribution >= 4 is 5.97 Å². The first-order valence-electron chi connectivity index (χ1n) is 10.1. The average Bonchev–Trinajstić information content (AvgIpc) is 2.91. The van der Waals surface area contributed by atoms with Gasteiger partial charge < -0.3 is 4.74 Å². The van der Waals surface area contributed by atoms with Crippen molar-refractivity contribution in [2.75, 3.05) is 7.11 Å². The highest BCUT2D eigenvalue weighted by atomic mass is 16.5. The summed E-state index contributed by atoms with van der Waals surface area (Å²) in [4.78, 5) is 12.3. The molecule has 2 nitrogen and oxygen atoms in total. The van der Waals surface area contributed by atoms with Gasteiger partial charge in [-0.25, -0.2) is 0 Å². The summed E-state index contributed by atoms with van der Waals surface area (Å²) >= 11 is 0. The van der Waals surface area contributed by atoms with Gasteiger partial charge in [-0.1, -0.05) is 26.7 Å². The maximum absolute atomic E-state index is 12.3. The third-order valence-electron chi connectivity index (χ3n) is 9.07. The first kappa shape index (κ1) is 16.0. The SMILES string of the molecule is COC(=O)C1CC[C@H]2[C@@H]3CCC4CCCC[C@]4(C)[C@H]3CC[C@]12C. The lowest BCUT2D eigenvalue weighted by Gasteiger charge is -2.60. The summed E-state index contributed by atoms with van der Waals surface area (Å²) < 4.78 is 5.15. The topological polar surface area (TPSA) is 26.3 Å². The molecule has 2 unspecified atom stereocenters. The molecule has 0 N–H and O–H groups in total. The van der Waals surface area contributed by atoms with Gasteiger partial charge in [-0.15, -0.1) is 0 Å². The Kier molecular flexibility index (Phi) is 3.81. The van der Waals surface area contributed by atoms with E-state index < -0.39 is 0 Å². The number of carbonyl (C=O) groups is 1. The first-order chi connectivity index (χ1) is 11.0. The summed E-state index contributed by atoms with van der Waals surface area (Å²) in [6.07, 6.45) is 13.7. The van der Waals surface area contributed by atoms with Gasteiger partial charge in [0.25, 0.3) is 0 Å². The molecule has 0 bridgehead atoms. The molecule has 130 valence electrons. The van der Waals surface area contributed by atoms with Crippen molar-refractivity contribution in [3.63, 3.8) is 0 Å². The summed E-state index contributed by atoms with van der Waals surface area (Å²) in [6, 6.07) is 0. The Labute approximate surface area is 141 Å². The van der Waals surface area contributed by atoms with Crippen LogP contribution >= 0.6 is 0 Å². The third-order valence-corrected chi connectivity index (χ3v) is 9.07.